The first-order valence-corrected chi connectivity index (χ1v) is 10.9. The highest BCUT2D eigenvalue weighted by molar-refractivity contribution is 5.85. The topological polar surface area (TPSA) is 166 Å². The molecule has 10 heteroatoms. The van der Waals surface area contributed by atoms with Gasteiger partial charge in [-0.15, -0.1) is 24.8 Å². The maximum Gasteiger partial charge on any atom is 0.303 e. The van der Waals surface area contributed by atoms with Crippen LogP contribution < -0.4 is 22.9 Å². The number of hydrogen-bond donors (Lipinski definition) is 5. The molecular formula is C24H34Cl2N6O2. The predicted molar refractivity (Wildman–Crippen MR) is 143 cm³/mol. The van der Waals surface area contributed by atoms with Gasteiger partial charge in [0.2, 0.25) is 0 Å². The molecule has 0 amide bonds. The monoisotopic (exact) mass is 508 g/mol. The Morgan fingerprint density at radius 2 is 1.26 bits per heavy atom. The number of halogens is 2. The summed E-state index contributed by atoms with van der Waals surface area (Å²) in [5.41, 5.74) is 25.9. The van der Waals surface area contributed by atoms with Gasteiger partial charge in [0.05, 0.1) is 11.4 Å². The number of carboxylic acid groups (broad SMARTS) is 1. The van der Waals surface area contributed by atoms with Crippen LogP contribution in [0.1, 0.15) is 61.5 Å². The number of benzene rings is 2. The van der Waals surface area contributed by atoms with E-state index in [0.717, 1.165) is 37.1 Å². The van der Waals surface area contributed by atoms with Gasteiger partial charge < -0.3 is 28.0 Å². The van der Waals surface area contributed by atoms with E-state index in [2.05, 4.69) is 34.3 Å². The summed E-state index contributed by atoms with van der Waals surface area (Å²) in [5.74, 6) is 0.528. The number of nitrogens with two attached hydrogens (primary N) is 4. The van der Waals surface area contributed by atoms with E-state index in [1.165, 1.54) is 11.1 Å². The second-order valence-corrected chi connectivity index (χ2v) is 8.43. The van der Waals surface area contributed by atoms with Crippen molar-refractivity contribution < 1.29 is 9.90 Å². The number of carboxylic acids is 1. The SMILES string of the molecule is Cl.Cl.NC(N)=Nc1ccc([C@@H]2CCC(CCCC(=O)O)C[C@H]2c2ccc(N=C(N)N)cc2)cc1. The lowest BCUT2D eigenvalue weighted by atomic mass is 9.67. The first-order chi connectivity index (χ1) is 15.3. The van der Waals surface area contributed by atoms with Crippen molar-refractivity contribution >= 4 is 54.1 Å². The highest BCUT2D eigenvalue weighted by Gasteiger charge is 2.32. The molecule has 1 unspecified atom stereocenters. The molecule has 0 saturated heterocycles. The zero-order valence-electron chi connectivity index (χ0n) is 19.0. The molecule has 3 rings (SSSR count). The van der Waals surface area contributed by atoms with Crippen LogP contribution in [-0.4, -0.2) is 23.0 Å². The van der Waals surface area contributed by atoms with E-state index >= 15 is 0 Å². The van der Waals surface area contributed by atoms with Crippen LogP contribution in [0.3, 0.4) is 0 Å². The van der Waals surface area contributed by atoms with Crippen LogP contribution in [0.25, 0.3) is 0 Å². The Kier molecular flexibility index (Phi) is 11.7. The number of guanidine groups is 2. The summed E-state index contributed by atoms with van der Waals surface area (Å²) in [6.45, 7) is 0. The third-order valence-corrected chi connectivity index (χ3v) is 6.12. The molecule has 0 heterocycles. The van der Waals surface area contributed by atoms with Crippen molar-refractivity contribution in [2.75, 3.05) is 0 Å². The van der Waals surface area contributed by atoms with Gasteiger partial charge in [0.1, 0.15) is 0 Å². The van der Waals surface area contributed by atoms with Crippen LogP contribution in [-0.2, 0) is 4.79 Å². The summed E-state index contributed by atoms with van der Waals surface area (Å²) >= 11 is 0. The quantitative estimate of drug-likeness (QED) is 0.263. The summed E-state index contributed by atoms with van der Waals surface area (Å²) in [7, 11) is 0. The largest absolute Gasteiger partial charge is 0.481 e. The van der Waals surface area contributed by atoms with Gasteiger partial charge >= 0.3 is 5.97 Å². The van der Waals surface area contributed by atoms with Crippen molar-refractivity contribution in [2.24, 2.45) is 38.8 Å². The van der Waals surface area contributed by atoms with E-state index in [1.807, 2.05) is 24.3 Å². The minimum atomic E-state index is -0.730. The molecule has 1 fully saturated rings. The highest BCUT2D eigenvalue weighted by Crippen LogP contribution is 2.47. The van der Waals surface area contributed by atoms with Crippen molar-refractivity contribution in [1.82, 2.24) is 0 Å². The van der Waals surface area contributed by atoms with E-state index in [4.69, 9.17) is 28.0 Å². The number of hydrogen-bond acceptors (Lipinski definition) is 3. The Labute approximate surface area is 212 Å². The predicted octanol–water partition coefficient (Wildman–Crippen LogP) is 4.26. The first kappa shape index (κ1) is 29.1. The fourth-order valence-electron chi connectivity index (χ4n) is 4.72. The van der Waals surface area contributed by atoms with Crippen LogP contribution in [0.5, 0.6) is 0 Å². The Morgan fingerprint density at radius 1 is 0.794 bits per heavy atom. The lowest BCUT2D eigenvalue weighted by Gasteiger charge is -2.37. The van der Waals surface area contributed by atoms with Crippen LogP contribution in [0, 0.1) is 5.92 Å². The van der Waals surface area contributed by atoms with Crippen LogP contribution in [0.15, 0.2) is 58.5 Å². The number of aliphatic carboxylic acids is 1. The number of carbonyl (C=O) groups is 1. The fourth-order valence-corrected chi connectivity index (χ4v) is 4.72. The standard InChI is InChI=1S/C24H32N6O2.2ClH/c25-23(26)29-18-9-5-16(6-10-18)20-13-4-15(2-1-3-22(31)32)14-21(20)17-7-11-19(12-8-17)30-24(27)28;;/h5-12,15,20-21H,1-4,13-14H2,(H,31,32)(H4,25,26,29)(H4,27,28,30);2*1H/t15?,20-,21-;;/m0../s1. The van der Waals surface area contributed by atoms with Crippen LogP contribution >= 0.6 is 24.8 Å². The smallest absolute Gasteiger partial charge is 0.303 e. The zero-order chi connectivity index (χ0) is 23.1. The molecule has 0 aromatic heterocycles. The maximum absolute atomic E-state index is 10.9. The average Bonchev–Trinajstić information content (AvgIpc) is 2.74. The zero-order valence-corrected chi connectivity index (χ0v) is 20.6. The third kappa shape index (κ3) is 8.43. The second kappa shape index (κ2) is 13.7. The van der Waals surface area contributed by atoms with Gasteiger partial charge in [-0.05, 0) is 85.3 Å². The third-order valence-electron chi connectivity index (χ3n) is 6.12. The molecule has 1 aliphatic rings. The normalized spacial score (nSPS) is 19.1. The summed E-state index contributed by atoms with van der Waals surface area (Å²) in [6.07, 6.45) is 5.02. The molecule has 1 aliphatic carbocycles. The Hall–Kier alpha value is -2.97. The molecule has 34 heavy (non-hydrogen) atoms. The molecule has 2 aromatic rings. The maximum atomic E-state index is 10.9. The van der Waals surface area contributed by atoms with Crippen molar-refractivity contribution in [2.45, 2.75) is 50.4 Å². The van der Waals surface area contributed by atoms with Gasteiger partial charge in [-0.2, -0.15) is 0 Å². The van der Waals surface area contributed by atoms with Crippen LogP contribution in [0.4, 0.5) is 11.4 Å². The molecule has 9 N–H and O–H groups in total. The average molecular weight is 509 g/mol. The fraction of sp³-hybridized carbons (Fsp3) is 0.375. The summed E-state index contributed by atoms with van der Waals surface area (Å²) < 4.78 is 0. The lowest BCUT2D eigenvalue weighted by Crippen LogP contribution is -2.23. The molecule has 3 atom stereocenters. The Morgan fingerprint density at radius 3 is 1.71 bits per heavy atom. The molecule has 2 aromatic carbocycles. The summed E-state index contributed by atoms with van der Waals surface area (Å²) in [6, 6.07) is 16.1. The highest BCUT2D eigenvalue weighted by atomic mass is 35.5. The molecule has 0 bridgehead atoms. The van der Waals surface area contributed by atoms with Gasteiger partial charge in [-0.1, -0.05) is 24.3 Å². The van der Waals surface area contributed by atoms with Gasteiger partial charge in [-0.25, -0.2) is 9.98 Å². The van der Waals surface area contributed by atoms with Crippen molar-refractivity contribution in [3.05, 3.63) is 59.7 Å². The van der Waals surface area contributed by atoms with Gasteiger partial charge in [0.25, 0.3) is 0 Å². The van der Waals surface area contributed by atoms with Crippen molar-refractivity contribution in [1.29, 1.82) is 0 Å². The van der Waals surface area contributed by atoms with E-state index in [0.29, 0.717) is 24.2 Å². The minimum Gasteiger partial charge on any atom is -0.481 e. The minimum absolute atomic E-state index is 0. The molecule has 0 radical (unpaired) electrons. The summed E-state index contributed by atoms with van der Waals surface area (Å²) in [4.78, 5) is 19.1. The van der Waals surface area contributed by atoms with E-state index in [1.54, 1.807) is 0 Å². The Balaban J connectivity index is 0.00000289. The molecule has 1 saturated carbocycles. The molecule has 0 spiro atoms. The van der Waals surface area contributed by atoms with Gasteiger partial charge in [0.15, 0.2) is 11.9 Å². The van der Waals surface area contributed by atoms with Crippen LogP contribution in [0.2, 0.25) is 0 Å². The molecule has 186 valence electrons. The molecular weight excluding hydrogens is 475 g/mol. The van der Waals surface area contributed by atoms with E-state index in [9.17, 15) is 4.79 Å². The Bertz CT molecular complexity index is 972. The number of aliphatic imine (C=N–C) groups is 2. The van der Waals surface area contributed by atoms with Crippen molar-refractivity contribution in [3.63, 3.8) is 0 Å². The molecule has 0 aliphatic heterocycles. The second-order valence-electron chi connectivity index (χ2n) is 8.43. The lowest BCUT2D eigenvalue weighted by molar-refractivity contribution is -0.137. The van der Waals surface area contributed by atoms with Crippen molar-refractivity contribution in [3.8, 4) is 0 Å². The number of rotatable bonds is 8. The van der Waals surface area contributed by atoms with E-state index < -0.39 is 5.97 Å². The molecule has 8 nitrogen and oxygen atoms in total. The van der Waals surface area contributed by atoms with Gasteiger partial charge in [0, 0.05) is 6.42 Å². The first-order valence-electron chi connectivity index (χ1n) is 10.9. The number of nitrogens with zero attached hydrogens (tertiary/aromatic N) is 2. The van der Waals surface area contributed by atoms with Gasteiger partial charge in [-0.3, -0.25) is 4.79 Å². The van der Waals surface area contributed by atoms with E-state index in [-0.39, 0.29) is 43.2 Å². The summed E-state index contributed by atoms with van der Waals surface area (Å²) in [5, 5.41) is 8.98.